The molecule has 40 heavy (non-hydrogen) atoms. The molecule has 10 heteroatoms. The van der Waals surface area contributed by atoms with Crippen LogP contribution < -0.4 is 14.8 Å². The fourth-order valence-corrected chi connectivity index (χ4v) is 5.53. The van der Waals surface area contributed by atoms with Gasteiger partial charge in [-0.1, -0.05) is 51.1 Å². The van der Waals surface area contributed by atoms with Crippen LogP contribution in [0.3, 0.4) is 0 Å². The van der Waals surface area contributed by atoms with Gasteiger partial charge in [0, 0.05) is 23.4 Å². The quantitative estimate of drug-likeness (QED) is 0.351. The Hall–Kier alpha value is -4.31. The summed E-state index contributed by atoms with van der Waals surface area (Å²) in [5.41, 5.74) is 5.03. The van der Waals surface area contributed by atoms with Crippen LogP contribution in [0.2, 0.25) is 0 Å². The molecule has 1 amide bonds. The summed E-state index contributed by atoms with van der Waals surface area (Å²) in [6.45, 7) is 10.3. The number of aromatic nitrogens is 3. The standard InChI is InChI=1S/C30H31N5O4S/c1-18-8-6-9-19(2)27(18)24-15-26-34-29(33-24)35-40(37,38)22-11-7-10-20(14-22)28(36)32-17-25(39-26)23-13-12-21(16-31-23)30(3,4)5/h6-16,25H,17H2,1-5H3,(H,32,36)(H,33,34,35)/t25-/m0/s1. The first-order chi connectivity index (χ1) is 18.9. The average Bonchev–Trinajstić information content (AvgIpc) is 2.90. The fourth-order valence-electron chi connectivity index (χ4n) is 4.54. The van der Waals surface area contributed by atoms with E-state index in [9.17, 15) is 13.2 Å². The smallest absolute Gasteiger partial charge is 0.264 e. The van der Waals surface area contributed by atoms with Crippen LogP contribution in [0.4, 0.5) is 5.95 Å². The summed E-state index contributed by atoms with van der Waals surface area (Å²) < 4.78 is 35.4. The van der Waals surface area contributed by atoms with Gasteiger partial charge >= 0.3 is 0 Å². The molecule has 9 nitrogen and oxygen atoms in total. The van der Waals surface area contributed by atoms with Gasteiger partial charge in [-0.25, -0.2) is 18.1 Å². The fraction of sp³-hybridized carbons (Fsp3) is 0.267. The van der Waals surface area contributed by atoms with Gasteiger partial charge in [0.2, 0.25) is 11.8 Å². The topological polar surface area (TPSA) is 123 Å². The predicted octanol–water partition coefficient (Wildman–Crippen LogP) is 5.12. The van der Waals surface area contributed by atoms with Crippen molar-refractivity contribution in [3.05, 3.63) is 94.8 Å². The van der Waals surface area contributed by atoms with E-state index in [0.29, 0.717) is 11.4 Å². The summed E-state index contributed by atoms with van der Waals surface area (Å²) in [6.07, 6.45) is 1.08. The average molecular weight is 558 g/mol. The Morgan fingerprint density at radius 1 is 0.950 bits per heavy atom. The molecular formula is C30H31N5O4S. The van der Waals surface area contributed by atoms with Gasteiger partial charge in [0.05, 0.1) is 22.8 Å². The predicted molar refractivity (Wildman–Crippen MR) is 153 cm³/mol. The lowest BCUT2D eigenvalue weighted by molar-refractivity contribution is 0.0924. The molecule has 0 saturated carbocycles. The molecule has 0 radical (unpaired) electrons. The van der Waals surface area contributed by atoms with E-state index in [-0.39, 0.29) is 34.2 Å². The molecule has 2 aromatic carbocycles. The number of hydrogen-bond donors (Lipinski definition) is 2. The second-order valence-electron chi connectivity index (χ2n) is 10.9. The van der Waals surface area contributed by atoms with Gasteiger partial charge in [-0.2, -0.15) is 4.98 Å². The van der Waals surface area contributed by atoms with Crippen molar-refractivity contribution < 1.29 is 17.9 Å². The van der Waals surface area contributed by atoms with E-state index >= 15 is 0 Å². The number of carbonyl (C=O) groups excluding carboxylic acids is 1. The number of rotatable bonds is 2. The number of sulfonamides is 1. The maximum Gasteiger partial charge on any atom is 0.264 e. The molecule has 3 heterocycles. The summed E-state index contributed by atoms with van der Waals surface area (Å²) >= 11 is 0. The van der Waals surface area contributed by atoms with Crippen LogP contribution in [0.15, 0.2) is 71.8 Å². The Bertz CT molecular complexity index is 1680. The lowest BCUT2D eigenvalue weighted by Crippen LogP contribution is -2.31. The Morgan fingerprint density at radius 3 is 2.35 bits per heavy atom. The highest BCUT2D eigenvalue weighted by Crippen LogP contribution is 2.31. The molecule has 0 saturated heterocycles. The van der Waals surface area contributed by atoms with Crippen molar-refractivity contribution in [2.24, 2.45) is 0 Å². The third-order valence-electron chi connectivity index (χ3n) is 6.77. The Kier molecular flexibility index (Phi) is 7.05. The highest BCUT2D eigenvalue weighted by Gasteiger charge is 2.25. The zero-order valence-corrected chi connectivity index (χ0v) is 23.8. The molecule has 1 aliphatic rings. The zero-order valence-electron chi connectivity index (χ0n) is 23.0. The van der Waals surface area contributed by atoms with Gasteiger partial charge in [0.15, 0.2) is 6.10 Å². The van der Waals surface area contributed by atoms with E-state index in [4.69, 9.17) is 4.74 Å². The molecule has 0 aliphatic carbocycles. The van der Waals surface area contributed by atoms with Gasteiger partial charge in [-0.05, 0) is 60.2 Å². The highest BCUT2D eigenvalue weighted by molar-refractivity contribution is 7.92. The van der Waals surface area contributed by atoms with Crippen molar-refractivity contribution >= 4 is 21.9 Å². The number of anilines is 1. The minimum absolute atomic E-state index is 0.0726. The van der Waals surface area contributed by atoms with Crippen LogP contribution in [-0.2, 0) is 15.4 Å². The SMILES string of the molecule is Cc1cccc(C)c1-c1cc2nc(n1)NS(=O)(=O)c1cccc(c1)C(=O)NC[C@@H](c1ccc(C(C)(C)C)cn1)O2. The van der Waals surface area contributed by atoms with E-state index in [1.807, 2.05) is 44.2 Å². The molecule has 4 aromatic rings. The van der Waals surface area contributed by atoms with E-state index in [1.54, 1.807) is 18.3 Å². The first-order valence-electron chi connectivity index (χ1n) is 12.9. The van der Waals surface area contributed by atoms with Gasteiger partial charge in [-0.15, -0.1) is 0 Å². The summed E-state index contributed by atoms with van der Waals surface area (Å²) in [5.74, 6) is -0.448. The van der Waals surface area contributed by atoms with E-state index < -0.39 is 22.0 Å². The number of amides is 1. The summed E-state index contributed by atoms with van der Waals surface area (Å²) in [5, 5.41) is 2.86. The van der Waals surface area contributed by atoms with Crippen LogP contribution in [-0.4, -0.2) is 35.8 Å². The molecule has 2 aromatic heterocycles. The number of benzene rings is 2. The third kappa shape index (κ3) is 5.67. The van der Waals surface area contributed by atoms with Crippen molar-refractivity contribution in [3.8, 4) is 17.1 Å². The lowest BCUT2D eigenvalue weighted by atomic mass is 9.88. The normalized spacial score (nSPS) is 16.8. The number of carbonyl (C=O) groups is 1. The third-order valence-corrected chi connectivity index (χ3v) is 8.09. The van der Waals surface area contributed by atoms with Crippen LogP contribution in [0.5, 0.6) is 5.88 Å². The van der Waals surface area contributed by atoms with E-state index in [0.717, 1.165) is 22.3 Å². The van der Waals surface area contributed by atoms with Crippen LogP contribution >= 0.6 is 0 Å². The lowest BCUT2D eigenvalue weighted by Gasteiger charge is -2.22. The van der Waals surface area contributed by atoms with Crippen LogP contribution in [0.1, 0.15) is 59.6 Å². The van der Waals surface area contributed by atoms with Crippen LogP contribution in [0.25, 0.3) is 11.3 Å². The summed E-state index contributed by atoms with van der Waals surface area (Å²) in [4.78, 5) is 26.5. The maximum absolute atomic E-state index is 13.3. The van der Waals surface area contributed by atoms with Crippen molar-refractivity contribution in [2.45, 2.75) is 51.0 Å². The maximum atomic E-state index is 13.3. The first kappa shape index (κ1) is 27.3. The van der Waals surface area contributed by atoms with Crippen molar-refractivity contribution in [3.63, 3.8) is 0 Å². The van der Waals surface area contributed by atoms with Gasteiger partial charge < -0.3 is 10.1 Å². The summed E-state index contributed by atoms with van der Waals surface area (Å²) in [6, 6.07) is 17.2. The van der Waals surface area contributed by atoms with Crippen molar-refractivity contribution in [1.82, 2.24) is 20.3 Å². The minimum Gasteiger partial charge on any atom is -0.466 e. The minimum atomic E-state index is -4.11. The molecule has 0 spiro atoms. The Labute approximate surface area is 234 Å². The monoisotopic (exact) mass is 557 g/mol. The molecular weight excluding hydrogens is 526 g/mol. The van der Waals surface area contributed by atoms with Gasteiger partial charge in [0.25, 0.3) is 15.9 Å². The summed E-state index contributed by atoms with van der Waals surface area (Å²) in [7, 11) is -4.11. The molecule has 0 fully saturated rings. The number of hydrogen-bond acceptors (Lipinski definition) is 7. The zero-order chi connectivity index (χ0) is 28.7. The number of fused-ring (bicyclic) bond motifs is 4. The Balaban J connectivity index is 1.66. The second-order valence-corrected chi connectivity index (χ2v) is 12.5. The molecule has 5 rings (SSSR count). The number of ether oxygens (including phenoxy) is 1. The number of nitrogens with zero attached hydrogens (tertiary/aromatic N) is 3. The first-order valence-corrected chi connectivity index (χ1v) is 14.4. The number of nitrogens with one attached hydrogen (secondary N) is 2. The Morgan fingerprint density at radius 2 is 1.68 bits per heavy atom. The van der Waals surface area contributed by atoms with Gasteiger partial charge in [-0.3, -0.25) is 9.78 Å². The molecule has 1 aliphatic heterocycles. The van der Waals surface area contributed by atoms with Crippen LogP contribution in [0, 0.1) is 13.8 Å². The van der Waals surface area contributed by atoms with Gasteiger partial charge in [0.1, 0.15) is 0 Å². The largest absolute Gasteiger partial charge is 0.466 e. The molecule has 4 bridgehead atoms. The second kappa shape index (κ2) is 10.3. The molecule has 206 valence electrons. The number of aryl methyl sites for hydroxylation is 2. The molecule has 1 atom stereocenters. The molecule has 0 unspecified atom stereocenters. The highest BCUT2D eigenvalue weighted by atomic mass is 32.2. The number of pyridine rings is 1. The van der Waals surface area contributed by atoms with Crippen molar-refractivity contribution in [1.29, 1.82) is 0 Å². The van der Waals surface area contributed by atoms with Crippen molar-refractivity contribution in [2.75, 3.05) is 11.3 Å². The molecule has 2 N–H and O–H groups in total. The van der Waals surface area contributed by atoms with E-state index in [2.05, 4.69) is 45.8 Å². The van der Waals surface area contributed by atoms with E-state index in [1.165, 1.54) is 18.2 Å².